The molecule has 13 heteroatoms. The number of carbonyl (C=O) groups excluding carboxylic acids is 3. The molecule has 58 heavy (non-hydrogen) atoms. The molecule has 0 bridgehead atoms. The monoisotopic (exact) mass is 808 g/mol. The van der Waals surface area contributed by atoms with E-state index in [1.165, 1.54) is 11.1 Å². The fourth-order valence-electron chi connectivity index (χ4n) is 9.13. The zero-order valence-corrected chi connectivity index (χ0v) is 33.8. The van der Waals surface area contributed by atoms with Gasteiger partial charge in [0.2, 0.25) is 5.91 Å². The van der Waals surface area contributed by atoms with Gasteiger partial charge in [0.15, 0.2) is 6.61 Å². The van der Waals surface area contributed by atoms with Crippen molar-refractivity contribution in [1.82, 2.24) is 29.2 Å². The summed E-state index contributed by atoms with van der Waals surface area (Å²) in [6.07, 6.45) is 14.0. The van der Waals surface area contributed by atoms with E-state index in [1.54, 1.807) is 11.1 Å². The first-order valence-electron chi connectivity index (χ1n) is 21.0. The minimum Gasteiger partial charge on any atom is -0.446 e. The van der Waals surface area contributed by atoms with Crippen LogP contribution < -0.4 is 0 Å². The molecule has 2 aromatic carbocycles. The van der Waals surface area contributed by atoms with Gasteiger partial charge < -0.3 is 23.7 Å². The number of piperazine rings is 1. The lowest BCUT2D eigenvalue weighted by atomic mass is 9.95. The molecule has 0 N–H and O–H groups in total. The number of amides is 2. The predicted molar refractivity (Wildman–Crippen MR) is 218 cm³/mol. The van der Waals surface area contributed by atoms with Crippen molar-refractivity contribution in [2.75, 3.05) is 26.2 Å². The first-order chi connectivity index (χ1) is 28.4. The van der Waals surface area contributed by atoms with Gasteiger partial charge in [0.25, 0.3) is 0 Å². The van der Waals surface area contributed by atoms with Crippen molar-refractivity contribution in [2.24, 2.45) is 0 Å². The van der Waals surface area contributed by atoms with E-state index in [0.29, 0.717) is 56.5 Å². The highest BCUT2D eigenvalue weighted by atomic mass is 35.5. The molecule has 12 nitrogen and oxygen atoms in total. The fourth-order valence-corrected chi connectivity index (χ4v) is 9.33. The molecule has 2 saturated carbocycles. The second-order valence-corrected chi connectivity index (χ2v) is 16.4. The molecular weight excluding hydrogens is 756 g/mol. The molecule has 4 aromatic rings. The van der Waals surface area contributed by atoms with Gasteiger partial charge in [0.1, 0.15) is 24.1 Å². The van der Waals surface area contributed by atoms with Crippen molar-refractivity contribution in [2.45, 2.75) is 115 Å². The SMILES string of the molecule is O=C(OCc1nccn1CCCN(Cc1ccccc1)C(=O)[C@H]1CN([C@H]2c3ccc(Cl)cc3CCc3cccnc32)CCN1C(=O)OC1CCCC1)OC1CCCC1. The second-order valence-electron chi connectivity index (χ2n) is 16.0. The Balaban J connectivity index is 1.04. The number of pyridine rings is 1. The molecule has 4 aliphatic rings. The summed E-state index contributed by atoms with van der Waals surface area (Å²) in [7, 11) is 0. The molecule has 3 fully saturated rings. The van der Waals surface area contributed by atoms with Gasteiger partial charge in [0.05, 0.1) is 11.7 Å². The minimum absolute atomic E-state index is 0.00429. The Labute approximate surface area is 345 Å². The van der Waals surface area contributed by atoms with Crippen LogP contribution in [0.2, 0.25) is 5.02 Å². The highest BCUT2D eigenvalue weighted by molar-refractivity contribution is 6.30. The Bertz CT molecular complexity index is 2030. The van der Waals surface area contributed by atoms with Crippen molar-refractivity contribution < 1.29 is 28.6 Å². The number of aryl methyl sites for hydroxylation is 3. The molecule has 0 radical (unpaired) electrons. The summed E-state index contributed by atoms with van der Waals surface area (Å²) in [6, 6.07) is 19.1. The zero-order chi connectivity index (χ0) is 39.8. The minimum atomic E-state index is -0.791. The number of benzene rings is 2. The first-order valence-corrected chi connectivity index (χ1v) is 21.4. The molecule has 2 amide bonds. The van der Waals surface area contributed by atoms with Gasteiger partial charge in [-0.1, -0.05) is 54.1 Å². The molecule has 0 unspecified atom stereocenters. The van der Waals surface area contributed by atoms with Gasteiger partial charge in [0, 0.05) is 62.9 Å². The normalized spacial score (nSPS) is 19.9. The van der Waals surface area contributed by atoms with Crippen LogP contribution in [-0.2, 0) is 51.5 Å². The molecule has 3 aliphatic carbocycles. The van der Waals surface area contributed by atoms with Crippen LogP contribution in [0.5, 0.6) is 0 Å². The Morgan fingerprint density at radius 2 is 1.59 bits per heavy atom. The maximum Gasteiger partial charge on any atom is 0.508 e. The van der Waals surface area contributed by atoms with Crippen LogP contribution in [0.15, 0.2) is 79.3 Å². The summed E-state index contributed by atoms with van der Waals surface area (Å²) in [6.45, 7) is 2.54. The molecule has 1 aliphatic heterocycles. The highest BCUT2D eigenvalue weighted by Gasteiger charge is 2.43. The Hall–Kier alpha value is -4.94. The summed E-state index contributed by atoms with van der Waals surface area (Å²) >= 11 is 6.54. The largest absolute Gasteiger partial charge is 0.508 e. The number of imidazole rings is 1. The molecule has 3 heterocycles. The number of ether oxygens (including phenoxy) is 3. The number of rotatable bonds is 12. The number of aromatic nitrogens is 3. The molecule has 2 aromatic heterocycles. The van der Waals surface area contributed by atoms with Gasteiger partial charge in [-0.25, -0.2) is 14.6 Å². The quantitative estimate of drug-likeness (QED) is 0.132. The summed E-state index contributed by atoms with van der Waals surface area (Å²) < 4.78 is 18.9. The van der Waals surface area contributed by atoms with Crippen LogP contribution in [0.3, 0.4) is 0 Å². The molecule has 0 spiro atoms. The first kappa shape index (κ1) is 39.9. The van der Waals surface area contributed by atoms with Gasteiger partial charge in [-0.15, -0.1) is 0 Å². The van der Waals surface area contributed by atoms with Crippen LogP contribution in [0.4, 0.5) is 9.59 Å². The van der Waals surface area contributed by atoms with Gasteiger partial charge in [-0.2, -0.15) is 0 Å². The van der Waals surface area contributed by atoms with Crippen molar-refractivity contribution in [3.63, 3.8) is 0 Å². The third kappa shape index (κ3) is 9.50. The van der Waals surface area contributed by atoms with Crippen LogP contribution in [0.1, 0.15) is 97.6 Å². The summed E-state index contributed by atoms with van der Waals surface area (Å²) in [4.78, 5) is 56.9. The van der Waals surface area contributed by atoms with Crippen molar-refractivity contribution >= 4 is 29.8 Å². The molecule has 306 valence electrons. The average molecular weight is 809 g/mol. The van der Waals surface area contributed by atoms with Gasteiger partial charge in [-0.05, 0) is 111 Å². The maximum atomic E-state index is 15.2. The Kier molecular flexibility index (Phi) is 12.9. The third-order valence-corrected chi connectivity index (χ3v) is 12.4. The van der Waals surface area contributed by atoms with Crippen molar-refractivity contribution in [3.05, 3.63) is 118 Å². The zero-order valence-electron chi connectivity index (χ0n) is 33.1. The highest BCUT2D eigenvalue weighted by Crippen LogP contribution is 2.38. The van der Waals surface area contributed by atoms with E-state index in [0.717, 1.165) is 81.0 Å². The molecule has 2 atom stereocenters. The number of carbonyl (C=O) groups is 3. The number of nitrogens with zero attached hydrogens (tertiary/aromatic N) is 6. The second kappa shape index (κ2) is 18.8. The summed E-state index contributed by atoms with van der Waals surface area (Å²) in [5, 5.41) is 0.692. The number of hydrogen-bond acceptors (Lipinski definition) is 9. The van der Waals surface area contributed by atoms with Crippen LogP contribution >= 0.6 is 11.6 Å². The molecular formula is C45H53ClN6O6. The summed E-state index contributed by atoms with van der Waals surface area (Å²) in [5.41, 5.74) is 5.44. The van der Waals surface area contributed by atoms with Crippen molar-refractivity contribution in [3.8, 4) is 0 Å². The van der Waals surface area contributed by atoms with Crippen LogP contribution in [0.25, 0.3) is 0 Å². The van der Waals surface area contributed by atoms with E-state index in [1.807, 2.05) is 64.3 Å². The Morgan fingerprint density at radius 1 is 0.828 bits per heavy atom. The number of halogens is 1. The topological polar surface area (TPSA) is 119 Å². The van der Waals surface area contributed by atoms with E-state index >= 15 is 4.79 Å². The van der Waals surface area contributed by atoms with Gasteiger partial charge >= 0.3 is 12.2 Å². The standard InChI is InChI=1S/C45H53ClN6O6/c46-35-19-20-38-34(28-35)18-17-33-12-8-21-48-41(33)42(38)50-26-27-52(44(54)57-36-13-4-5-14-36)39(30-50)43(53)51(29-32-10-2-1-3-11-32)24-9-23-49-25-22-47-40(49)31-56-45(55)58-37-15-6-7-16-37/h1-3,8,10-12,19-22,25,28,36-37,39,42H,4-7,9,13-18,23-24,26-27,29-31H2/t39-,42+/m1/s1. The lowest BCUT2D eigenvalue weighted by Crippen LogP contribution is -2.62. The van der Waals surface area contributed by atoms with E-state index in [9.17, 15) is 9.59 Å². The van der Waals surface area contributed by atoms with Crippen molar-refractivity contribution in [1.29, 1.82) is 0 Å². The summed E-state index contributed by atoms with van der Waals surface area (Å²) in [5.74, 6) is 0.471. The predicted octanol–water partition coefficient (Wildman–Crippen LogP) is 7.90. The molecule has 8 rings (SSSR count). The molecule has 1 saturated heterocycles. The lowest BCUT2D eigenvalue weighted by molar-refractivity contribution is -0.140. The van der Waals surface area contributed by atoms with E-state index in [2.05, 4.69) is 28.1 Å². The smallest absolute Gasteiger partial charge is 0.446 e. The van der Waals surface area contributed by atoms with Gasteiger partial charge in [-0.3, -0.25) is 19.6 Å². The van der Waals surface area contributed by atoms with Crippen LogP contribution in [-0.4, -0.2) is 91.8 Å². The fraction of sp³-hybridized carbons (Fsp3) is 0.489. The van der Waals surface area contributed by atoms with E-state index in [-0.39, 0.29) is 30.8 Å². The Morgan fingerprint density at radius 3 is 2.38 bits per heavy atom. The van der Waals surface area contributed by atoms with E-state index < -0.39 is 18.3 Å². The van der Waals surface area contributed by atoms with E-state index in [4.69, 9.17) is 30.8 Å². The number of hydrogen-bond donors (Lipinski definition) is 0. The van der Waals surface area contributed by atoms with Crippen LogP contribution in [0, 0.1) is 0 Å². The number of fused-ring (bicyclic) bond motifs is 2. The average Bonchev–Trinajstić information content (AvgIpc) is 4.03. The third-order valence-electron chi connectivity index (χ3n) is 12.2. The lowest BCUT2D eigenvalue weighted by Gasteiger charge is -2.45. The maximum absolute atomic E-state index is 15.2.